The van der Waals surface area contributed by atoms with Crippen molar-refractivity contribution >= 4 is 21.8 Å². The minimum Gasteiger partial charge on any atom is -0.207 e. The molecule has 0 aromatic heterocycles. The van der Waals surface area contributed by atoms with E-state index in [1.54, 1.807) is 13.8 Å². The van der Waals surface area contributed by atoms with E-state index in [9.17, 15) is 12.8 Å². The standard InChI is InChI=1S/C14H19ClFN3O2S/c1-4-19(9-11(2)8-17)22(20,21)18(3)10-12-5-6-13(16)7-14(12)15/h5-7,11H,4,9-10H2,1-3H3/t11-/m1/s1. The fourth-order valence-corrected chi connectivity index (χ4v) is 3.56. The van der Waals surface area contributed by atoms with Crippen molar-refractivity contribution in [2.45, 2.75) is 20.4 Å². The average Bonchev–Trinajstić information content (AvgIpc) is 2.46. The van der Waals surface area contributed by atoms with E-state index in [1.165, 1.54) is 23.5 Å². The van der Waals surface area contributed by atoms with Crippen LogP contribution in [0.5, 0.6) is 0 Å². The van der Waals surface area contributed by atoms with Crippen LogP contribution in [0.1, 0.15) is 19.4 Å². The second-order valence-corrected chi connectivity index (χ2v) is 7.42. The third-order valence-electron chi connectivity index (χ3n) is 3.18. The molecule has 0 aliphatic rings. The van der Waals surface area contributed by atoms with Crippen LogP contribution in [0, 0.1) is 23.1 Å². The van der Waals surface area contributed by atoms with Gasteiger partial charge in [-0.25, -0.2) is 4.39 Å². The topological polar surface area (TPSA) is 64.4 Å². The van der Waals surface area contributed by atoms with Crippen LogP contribution in [0.2, 0.25) is 5.02 Å². The summed E-state index contributed by atoms with van der Waals surface area (Å²) in [6, 6.07) is 5.85. The van der Waals surface area contributed by atoms with Gasteiger partial charge in [0.1, 0.15) is 5.82 Å². The Morgan fingerprint density at radius 1 is 1.45 bits per heavy atom. The molecular formula is C14H19ClFN3O2S. The van der Waals surface area contributed by atoms with E-state index in [0.717, 1.165) is 10.4 Å². The Balaban J connectivity index is 2.94. The maximum atomic E-state index is 13.0. The molecule has 0 fully saturated rings. The van der Waals surface area contributed by atoms with Gasteiger partial charge in [-0.1, -0.05) is 24.6 Å². The monoisotopic (exact) mass is 347 g/mol. The van der Waals surface area contributed by atoms with Gasteiger partial charge < -0.3 is 0 Å². The van der Waals surface area contributed by atoms with Crippen molar-refractivity contribution in [3.05, 3.63) is 34.6 Å². The lowest BCUT2D eigenvalue weighted by molar-refractivity contribution is 0.350. The highest BCUT2D eigenvalue weighted by Gasteiger charge is 2.27. The molecule has 122 valence electrons. The van der Waals surface area contributed by atoms with Gasteiger partial charge >= 0.3 is 0 Å². The molecule has 0 spiro atoms. The van der Waals surface area contributed by atoms with Crippen LogP contribution in [-0.4, -0.2) is 37.2 Å². The van der Waals surface area contributed by atoms with Crippen LogP contribution in [0.15, 0.2) is 18.2 Å². The molecule has 0 aliphatic carbocycles. The third-order valence-corrected chi connectivity index (χ3v) is 5.51. The van der Waals surface area contributed by atoms with E-state index in [2.05, 4.69) is 0 Å². The molecule has 0 heterocycles. The van der Waals surface area contributed by atoms with Gasteiger partial charge in [0.25, 0.3) is 10.2 Å². The van der Waals surface area contributed by atoms with Gasteiger partial charge in [0.05, 0.1) is 12.0 Å². The highest BCUT2D eigenvalue weighted by Crippen LogP contribution is 2.20. The van der Waals surface area contributed by atoms with Gasteiger partial charge in [-0.2, -0.15) is 22.3 Å². The van der Waals surface area contributed by atoms with E-state index in [1.807, 2.05) is 6.07 Å². The zero-order valence-electron chi connectivity index (χ0n) is 12.8. The van der Waals surface area contributed by atoms with Crippen molar-refractivity contribution in [1.29, 1.82) is 5.26 Å². The van der Waals surface area contributed by atoms with Crippen molar-refractivity contribution in [2.75, 3.05) is 20.1 Å². The Hall–Kier alpha value is -1.20. The lowest BCUT2D eigenvalue weighted by atomic mass is 10.2. The van der Waals surface area contributed by atoms with Crippen LogP contribution in [0.3, 0.4) is 0 Å². The predicted octanol–water partition coefficient (Wildman–Crippen LogP) is 2.64. The van der Waals surface area contributed by atoms with Gasteiger partial charge in [0, 0.05) is 31.7 Å². The first-order valence-corrected chi connectivity index (χ1v) is 8.54. The van der Waals surface area contributed by atoms with Gasteiger partial charge in [-0.15, -0.1) is 0 Å². The second kappa shape index (κ2) is 7.88. The SMILES string of the molecule is CCN(C[C@H](C)C#N)S(=O)(=O)N(C)Cc1ccc(F)cc1Cl. The van der Waals surface area contributed by atoms with E-state index in [0.29, 0.717) is 5.56 Å². The number of halogens is 2. The number of nitriles is 1. The molecule has 0 amide bonds. The maximum Gasteiger partial charge on any atom is 0.282 e. The molecule has 5 nitrogen and oxygen atoms in total. The van der Waals surface area contributed by atoms with E-state index in [-0.39, 0.29) is 24.7 Å². The molecule has 0 saturated heterocycles. The quantitative estimate of drug-likeness (QED) is 0.761. The molecule has 0 saturated carbocycles. The van der Waals surface area contributed by atoms with Crippen LogP contribution >= 0.6 is 11.6 Å². The minimum absolute atomic E-state index is 0.0267. The van der Waals surface area contributed by atoms with Crippen molar-refractivity contribution in [3.63, 3.8) is 0 Å². The Kier molecular flexibility index (Phi) is 6.75. The third kappa shape index (κ3) is 4.65. The molecule has 0 aliphatic heterocycles. The molecule has 1 aromatic rings. The summed E-state index contributed by atoms with van der Waals surface area (Å²) in [7, 11) is -2.29. The summed E-state index contributed by atoms with van der Waals surface area (Å²) < 4.78 is 40.4. The van der Waals surface area contributed by atoms with Gasteiger partial charge in [0.2, 0.25) is 0 Å². The molecule has 1 atom stereocenters. The second-order valence-electron chi connectivity index (χ2n) is 4.98. The number of rotatable bonds is 7. The lowest BCUT2D eigenvalue weighted by Gasteiger charge is -2.27. The molecule has 22 heavy (non-hydrogen) atoms. The van der Waals surface area contributed by atoms with Crippen LogP contribution in [-0.2, 0) is 16.8 Å². The summed E-state index contributed by atoms with van der Waals surface area (Å²) in [4.78, 5) is 0. The Labute approximate surface area is 136 Å². The first kappa shape index (κ1) is 18.8. The van der Waals surface area contributed by atoms with Crippen molar-refractivity contribution < 1.29 is 12.8 Å². The van der Waals surface area contributed by atoms with Crippen LogP contribution < -0.4 is 0 Å². The summed E-state index contributed by atoms with van der Waals surface area (Å²) in [6.45, 7) is 3.78. The lowest BCUT2D eigenvalue weighted by Crippen LogP contribution is -2.43. The zero-order chi connectivity index (χ0) is 16.9. The highest BCUT2D eigenvalue weighted by molar-refractivity contribution is 7.86. The number of nitrogens with zero attached hydrogens (tertiary/aromatic N) is 3. The van der Waals surface area contributed by atoms with E-state index in [4.69, 9.17) is 16.9 Å². The molecule has 1 rings (SSSR count). The summed E-state index contributed by atoms with van der Waals surface area (Å²) in [5, 5.41) is 9.02. The van der Waals surface area contributed by atoms with Crippen LogP contribution in [0.4, 0.5) is 4.39 Å². The average molecular weight is 348 g/mol. The molecule has 8 heteroatoms. The number of hydrogen-bond acceptors (Lipinski definition) is 3. The summed E-state index contributed by atoms with van der Waals surface area (Å²) in [6.07, 6.45) is 0. The van der Waals surface area contributed by atoms with Crippen molar-refractivity contribution in [1.82, 2.24) is 8.61 Å². The number of benzene rings is 1. The molecule has 0 bridgehead atoms. The largest absolute Gasteiger partial charge is 0.282 e. The van der Waals surface area contributed by atoms with Gasteiger partial charge in [-0.3, -0.25) is 0 Å². The zero-order valence-corrected chi connectivity index (χ0v) is 14.3. The Morgan fingerprint density at radius 3 is 2.59 bits per heavy atom. The smallest absolute Gasteiger partial charge is 0.207 e. The summed E-state index contributed by atoms with van der Waals surface area (Å²) in [5.41, 5.74) is 0.513. The van der Waals surface area contributed by atoms with E-state index < -0.39 is 21.9 Å². The van der Waals surface area contributed by atoms with Crippen molar-refractivity contribution in [3.8, 4) is 6.07 Å². The first-order chi connectivity index (χ1) is 10.2. The first-order valence-electron chi connectivity index (χ1n) is 6.77. The van der Waals surface area contributed by atoms with E-state index >= 15 is 0 Å². The Morgan fingerprint density at radius 2 is 2.09 bits per heavy atom. The normalized spacial score (nSPS) is 13.4. The molecule has 0 unspecified atom stereocenters. The highest BCUT2D eigenvalue weighted by atomic mass is 35.5. The molecular weight excluding hydrogens is 329 g/mol. The molecule has 1 aromatic carbocycles. The minimum atomic E-state index is -3.72. The van der Waals surface area contributed by atoms with Crippen molar-refractivity contribution in [2.24, 2.45) is 5.92 Å². The fraction of sp³-hybridized carbons (Fsp3) is 0.500. The van der Waals surface area contributed by atoms with Gasteiger partial charge in [-0.05, 0) is 24.6 Å². The molecule has 0 N–H and O–H groups in total. The fourth-order valence-electron chi connectivity index (χ4n) is 1.90. The Bertz CT molecular complexity index is 661. The summed E-state index contributed by atoms with van der Waals surface area (Å²) in [5.74, 6) is -0.880. The molecule has 0 radical (unpaired) electrons. The van der Waals surface area contributed by atoms with Crippen LogP contribution in [0.25, 0.3) is 0 Å². The maximum absolute atomic E-state index is 13.0. The summed E-state index contributed by atoms with van der Waals surface area (Å²) >= 11 is 5.93. The van der Waals surface area contributed by atoms with Gasteiger partial charge in [0.15, 0.2) is 0 Å². The number of hydrogen-bond donors (Lipinski definition) is 0. The predicted molar refractivity (Wildman–Crippen MR) is 83.8 cm³/mol.